The Labute approximate surface area is 84.7 Å². The van der Waals surface area contributed by atoms with Gasteiger partial charge in [-0.05, 0) is 41.8 Å². The molecule has 2 nitrogen and oxygen atoms in total. The van der Waals surface area contributed by atoms with Gasteiger partial charge in [0.25, 0.3) is 0 Å². The Morgan fingerprint density at radius 3 is 1.17 bits per heavy atom. The van der Waals surface area contributed by atoms with Crippen LogP contribution in [-0.4, -0.2) is 34.8 Å². The van der Waals surface area contributed by atoms with E-state index in [1.54, 1.807) is 22.0 Å². The second kappa shape index (κ2) is 6.13. The third kappa shape index (κ3) is 5.30. The normalized spacial score (nSPS) is 12.5. The van der Waals surface area contributed by atoms with Crippen LogP contribution < -0.4 is 0 Å². The predicted octanol–water partition coefficient (Wildman–Crippen LogP) is 2.88. The maximum Gasteiger partial charge on any atom is 0.0151 e. The number of nitrogens with zero attached hydrogens (tertiary/aromatic N) is 2. The molecule has 0 aromatic carbocycles. The lowest BCUT2D eigenvalue weighted by Crippen LogP contribution is -2.21. The van der Waals surface area contributed by atoms with Crippen LogP contribution in [0.15, 0.2) is 0 Å². The molecule has 0 radical (unpaired) electrons. The summed E-state index contributed by atoms with van der Waals surface area (Å²) in [4.78, 5) is 0. The van der Waals surface area contributed by atoms with Gasteiger partial charge < -0.3 is 0 Å². The van der Waals surface area contributed by atoms with Crippen molar-refractivity contribution < 1.29 is 0 Å². The molecule has 0 amide bonds. The first-order chi connectivity index (χ1) is 5.45. The fraction of sp³-hybridized carbons (Fsp3) is 1.00. The van der Waals surface area contributed by atoms with Crippen LogP contribution >= 0.6 is 22.0 Å². The molecular formula is C8H20N2S2. The third-order valence-electron chi connectivity index (χ3n) is 1.72. The smallest absolute Gasteiger partial charge is 0.0151 e. The standard InChI is InChI=1S/C8H20N2S2/c1-7(2)9(5)11-12-10(6)8(3)4/h7-8H,1-6H3. The van der Waals surface area contributed by atoms with Crippen LogP contribution in [-0.2, 0) is 0 Å². The highest BCUT2D eigenvalue weighted by Gasteiger charge is 2.08. The fourth-order valence-corrected chi connectivity index (χ4v) is 2.50. The van der Waals surface area contributed by atoms with E-state index in [-0.39, 0.29) is 0 Å². The quantitative estimate of drug-likeness (QED) is 0.506. The summed E-state index contributed by atoms with van der Waals surface area (Å²) in [7, 11) is 7.84. The summed E-state index contributed by atoms with van der Waals surface area (Å²) in [5, 5.41) is 0. The van der Waals surface area contributed by atoms with Gasteiger partial charge in [-0.3, -0.25) is 0 Å². The Balaban J connectivity index is 3.54. The van der Waals surface area contributed by atoms with E-state index in [0.717, 1.165) is 0 Å². The molecule has 12 heavy (non-hydrogen) atoms. The van der Waals surface area contributed by atoms with Crippen LogP contribution in [0.5, 0.6) is 0 Å². The highest BCUT2D eigenvalue weighted by molar-refractivity contribution is 8.74. The second-order valence-electron chi connectivity index (χ2n) is 3.43. The SMILES string of the molecule is CC(C)N(C)SSN(C)C(C)C. The molecule has 0 heterocycles. The first-order valence-electron chi connectivity index (χ1n) is 4.25. The lowest BCUT2D eigenvalue weighted by atomic mass is 10.4. The van der Waals surface area contributed by atoms with E-state index in [4.69, 9.17) is 0 Å². The average Bonchev–Trinajstić information content (AvgIpc) is 1.98. The van der Waals surface area contributed by atoms with Gasteiger partial charge in [0.2, 0.25) is 0 Å². The average molecular weight is 208 g/mol. The third-order valence-corrected chi connectivity index (χ3v) is 4.71. The van der Waals surface area contributed by atoms with Crippen LogP contribution in [0.25, 0.3) is 0 Å². The van der Waals surface area contributed by atoms with E-state index in [0.29, 0.717) is 12.1 Å². The van der Waals surface area contributed by atoms with Gasteiger partial charge >= 0.3 is 0 Å². The lowest BCUT2D eigenvalue weighted by molar-refractivity contribution is 0.464. The van der Waals surface area contributed by atoms with Gasteiger partial charge in [-0.1, -0.05) is 0 Å². The number of hydrogen-bond donors (Lipinski definition) is 0. The van der Waals surface area contributed by atoms with Gasteiger partial charge in [0, 0.05) is 34.0 Å². The largest absolute Gasteiger partial charge is 0.241 e. The van der Waals surface area contributed by atoms with E-state index >= 15 is 0 Å². The molecule has 0 fully saturated rings. The van der Waals surface area contributed by atoms with Crippen molar-refractivity contribution >= 4 is 22.0 Å². The van der Waals surface area contributed by atoms with Crippen LogP contribution in [0.4, 0.5) is 0 Å². The van der Waals surface area contributed by atoms with Gasteiger partial charge in [0.1, 0.15) is 0 Å². The van der Waals surface area contributed by atoms with Gasteiger partial charge in [0.05, 0.1) is 0 Å². The van der Waals surface area contributed by atoms with Crippen molar-refractivity contribution in [1.29, 1.82) is 0 Å². The van der Waals surface area contributed by atoms with E-state index in [1.165, 1.54) is 0 Å². The number of hydrogen-bond acceptors (Lipinski definition) is 4. The van der Waals surface area contributed by atoms with Crippen molar-refractivity contribution in [2.45, 2.75) is 39.8 Å². The molecule has 0 rings (SSSR count). The molecule has 0 aliphatic carbocycles. The molecule has 4 heteroatoms. The molecule has 0 aliphatic rings. The second-order valence-corrected chi connectivity index (χ2v) is 5.77. The monoisotopic (exact) mass is 208 g/mol. The Kier molecular flexibility index (Phi) is 6.45. The van der Waals surface area contributed by atoms with Crippen molar-refractivity contribution in [3.63, 3.8) is 0 Å². The molecule has 0 saturated heterocycles. The summed E-state index contributed by atoms with van der Waals surface area (Å²) in [6.07, 6.45) is 0. The number of rotatable bonds is 5. The van der Waals surface area contributed by atoms with E-state index in [1.807, 2.05) is 0 Å². The Hall–Kier alpha value is 0.620. The first kappa shape index (κ1) is 12.6. The van der Waals surface area contributed by atoms with Crippen LogP contribution in [0.1, 0.15) is 27.7 Å². The van der Waals surface area contributed by atoms with Crippen molar-refractivity contribution in [2.75, 3.05) is 14.1 Å². The molecule has 0 aromatic rings. The van der Waals surface area contributed by atoms with E-state index in [9.17, 15) is 0 Å². The summed E-state index contributed by atoms with van der Waals surface area (Å²) < 4.78 is 4.51. The zero-order valence-electron chi connectivity index (χ0n) is 8.87. The van der Waals surface area contributed by atoms with Gasteiger partial charge in [-0.15, -0.1) is 0 Å². The molecule has 0 bridgehead atoms. The molecule has 0 unspecified atom stereocenters. The van der Waals surface area contributed by atoms with Crippen molar-refractivity contribution in [1.82, 2.24) is 8.61 Å². The molecule has 0 aliphatic heterocycles. The maximum atomic E-state index is 2.25. The van der Waals surface area contributed by atoms with Crippen molar-refractivity contribution in [2.24, 2.45) is 0 Å². The Morgan fingerprint density at radius 1 is 0.750 bits per heavy atom. The molecule has 0 spiro atoms. The van der Waals surface area contributed by atoms with Crippen molar-refractivity contribution in [3.8, 4) is 0 Å². The first-order valence-corrected chi connectivity index (χ1v) is 6.32. The minimum Gasteiger partial charge on any atom is -0.241 e. The molecule has 74 valence electrons. The lowest BCUT2D eigenvalue weighted by Gasteiger charge is -2.24. The Morgan fingerprint density at radius 2 is 1.00 bits per heavy atom. The fourth-order valence-electron chi connectivity index (χ4n) is 0.277. The van der Waals surface area contributed by atoms with Crippen molar-refractivity contribution in [3.05, 3.63) is 0 Å². The summed E-state index contributed by atoms with van der Waals surface area (Å²) in [6, 6.07) is 1.20. The molecule has 0 saturated carbocycles. The maximum absolute atomic E-state index is 2.25. The van der Waals surface area contributed by atoms with Gasteiger partial charge in [0.15, 0.2) is 0 Å². The summed E-state index contributed by atoms with van der Waals surface area (Å²) in [6.45, 7) is 8.79. The summed E-state index contributed by atoms with van der Waals surface area (Å²) in [5.74, 6) is 0. The molecular weight excluding hydrogens is 188 g/mol. The Bertz CT molecular complexity index is 104. The van der Waals surface area contributed by atoms with E-state index < -0.39 is 0 Å². The van der Waals surface area contributed by atoms with E-state index in [2.05, 4.69) is 50.4 Å². The van der Waals surface area contributed by atoms with Crippen LogP contribution in [0.2, 0.25) is 0 Å². The topological polar surface area (TPSA) is 6.48 Å². The van der Waals surface area contributed by atoms with Crippen LogP contribution in [0.3, 0.4) is 0 Å². The summed E-state index contributed by atoms with van der Waals surface area (Å²) in [5.41, 5.74) is 0. The summed E-state index contributed by atoms with van der Waals surface area (Å²) >= 11 is 0. The molecule has 0 aromatic heterocycles. The minimum atomic E-state index is 0.600. The van der Waals surface area contributed by atoms with Gasteiger partial charge in [-0.2, -0.15) is 0 Å². The highest BCUT2D eigenvalue weighted by atomic mass is 33.1. The van der Waals surface area contributed by atoms with Gasteiger partial charge in [-0.25, -0.2) is 8.61 Å². The zero-order chi connectivity index (χ0) is 9.72. The zero-order valence-corrected chi connectivity index (χ0v) is 10.5. The van der Waals surface area contributed by atoms with Crippen LogP contribution in [0, 0.1) is 0 Å². The molecule has 0 N–H and O–H groups in total. The molecule has 0 atom stereocenters. The minimum absolute atomic E-state index is 0.600. The highest BCUT2D eigenvalue weighted by Crippen LogP contribution is 2.29. The predicted molar refractivity (Wildman–Crippen MR) is 61.0 cm³/mol.